The Morgan fingerprint density at radius 2 is 1.81 bits per heavy atom. The van der Waals surface area contributed by atoms with Gasteiger partial charge in [-0.15, -0.1) is 0 Å². The molecule has 1 aliphatic rings. The van der Waals surface area contributed by atoms with E-state index in [1.807, 2.05) is 19.9 Å². The molecule has 0 unspecified atom stereocenters. The van der Waals surface area contributed by atoms with Gasteiger partial charge in [-0.25, -0.2) is 13.1 Å². The third-order valence-electron chi connectivity index (χ3n) is 4.21. The van der Waals surface area contributed by atoms with Crippen LogP contribution in [0, 0.1) is 0 Å². The summed E-state index contributed by atoms with van der Waals surface area (Å²) in [5.74, 6) is 2.16. The van der Waals surface area contributed by atoms with Gasteiger partial charge in [0.15, 0.2) is 11.5 Å². The predicted molar refractivity (Wildman–Crippen MR) is 98.5 cm³/mol. The van der Waals surface area contributed by atoms with Crippen LogP contribution in [0.3, 0.4) is 0 Å². The number of rotatable bonds is 6. The van der Waals surface area contributed by atoms with Crippen molar-refractivity contribution in [3.05, 3.63) is 47.5 Å². The zero-order chi connectivity index (χ0) is 18.7. The van der Waals surface area contributed by atoms with Gasteiger partial charge in [0, 0.05) is 6.54 Å². The Balaban J connectivity index is 1.78. The fourth-order valence-corrected chi connectivity index (χ4v) is 3.84. The lowest BCUT2D eigenvalue weighted by Crippen LogP contribution is -2.23. The number of ether oxygens (including phenoxy) is 3. The van der Waals surface area contributed by atoms with Gasteiger partial charge >= 0.3 is 0 Å². The second-order valence-electron chi connectivity index (χ2n) is 6.36. The zero-order valence-electron chi connectivity index (χ0n) is 15.1. The van der Waals surface area contributed by atoms with Crippen LogP contribution in [0.15, 0.2) is 41.3 Å². The van der Waals surface area contributed by atoms with E-state index in [4.69, 9.17) is 14.2 Å². The molecular weight excluding hydrogens is 354 g/mol. The summed E-state index contributed by atoms with van der Waals surface area (Å²) in [5, 5.41) is 0. The summed E-state index contributed by atoms with van der Waals surface area (Å²) in [4.78, 5) is 0.222. The number of sulfonamides is 1. The second-order valence-corrected chi connectivity index (χ2v) is 8.13. The zero-order valence-corrected chi connectivity index (χ0v) is 15.9. The van der Waals surface area contributed by atoms with E-state index in [0.29, 0.717) is 30.5 Å². The highest BCUT2D eigenvalue weighted by atomic mass is 32.2. The molecule has 6 nitrogen and oxygen atoms in total. The molecular formula is C19H23NO5S. The van der Waals surface area contributed by atoms with Crippen LogP contribution >= 0.6 is 0 Å². The summed E-state index contributed by atoms with van der Waals surface area (Å²) in [7, 11) is -2.06. The Morgan fingerprint density at radius 1 is 1.08 bits per heavy atom. The summed E-state index contributed by atoms with van der Waals surface area (Å²) < 4.78 is 44.3. The third-order valence-corrected chi connectivity index (χ3v) is 5.61. The van der Waals surface area contributed by atoms with Crippen molar-refractivity contribution in [3.63, 3.8) is 0 Å². The van der Waals surface area contributed by atoms with Gasteiger partial charge in [0.25, 0.3) is 0 Å². The van der Waals surface area contributed by atoms with E-state index < -0.39 is 10.0 Å². The number of hydrogen-bond acceptors (Lipinski definition) is 5. The molecule has 7 heteroatoms. The largest absolute Gasteiger partial charge is 0.496 e. The highest BCUT2D eigenvalue weighted by Crippen LogP contribution is 2.31. The van der Waals surface area contributed by atoms with Crippen molar-refractivity contribution in [1.29, 1.82) is 0 Å². The van der Waals surface area contributed by atoms with Crippen molar-refractivity contribution < 1.29 is 22.6 Å². The van der Waals surface area contributed by atoms with Crippen molar-refractivity contribution in [2.24, 2.45) is 0 Å². The van der Waals surface area contributed by atoms with Crippen LogP contribution in [0.5, 0.6) is 17.2 Å². The SMILES string of the molecule is COc1ccc(S(=O)(=O)NCc2ccc3c(c2)OCCO3)cc1C(C)C. The third kappa shape index (κ3) is 3.94. The van der Waals surface area contributed by atoms with Crippen molar-refractivity contribution in [3.8, 4) is 17.2 Å². The maximum Gasteiger partial charge on any atom is 0.240 e. The second kappa shape index (κ2) is 7.55. The topological polar surface area (TPSA) is 73.9 Å². The van der Waals surface area contributed by atoms with E-state index >= 15 is 0 Å². The molecule has 0 atom stereocenters. The molecule has 2 aromatic rings. The molecule has 0 radical (unpaired) electrons. The molecule has 0 amide bonds. The first-order valence-corrected chi connectivity index (χ1v) is 9.95. The predicted octanol–water partition coefficient (Wildman–Crippen LogP) is 3.07. The molecule has 0 fully saturated rings. The van der Waals surface area contributed by atoms with Crippen molar-refractivity contribution in [2.45, 2.75) is 31.2 Å². The fraction of sp³-hybridized carbons (Fsp3) is 0.368. The number of hydrogen-bond donors (Lipinski definition) is 1. The lowest BCUT2D eigenvalue weighted by Gasteiger charge is -2.19. The van der Waals surface area contributed by atoms with Gasteiger partial charge in [0.1, 0.15) is 19.0 Å². The maximum absolute atomic E-state index is 12.7. The molecule has 1 aliphatic heterocycles. The molecule has 0 saturated carbocycles. The Bertz CT molecular complexity index is 893. The van der Waals surface area contributed by atoms with Crippen LogP contribution in [-0.2, 0) is 16.6 Å². The van der Waals surface area contributed by atoms with E-state index in [0.717, 1.165) is 11.1 Å². The smallest absolute Gasteiger partial charge is 0.240 e. The van der Waals surface area contributed by atoms with Gasteiger partial charge in [-0.05, 0) is 47.4 Å². The number of benzene rings is 2. The quantitative estimate of drug-likeness (QED) is 0.837. The summed E-state index contributed by atoms with van der Waals surface area (Å²) in [6.07, 6.45) is 0. The van der Waals surface area contributed by atoms with Gasteiger partial charge < -0.3 is 14.2 Å². The van der Waals surface area contributed by atoms with E-state index in [1.54, 1.807) is 37.4 Å². The first kappa shape index (κ1) is 18.5. The van der Waals surface area contributed by atoms with Gasteiger partial charge in [0.2, 0.25) is 10.0 Å². The Morgan fingerprint density at radius 3 is 2.50 bits per heavy atom. The van der Waals surface area contributed by atoms with Crippen molar-refractivity contribution in [2.75, 3.05) is 20.3 Å². The minimum Gasteiger partial charge on any atom is -0.496 e. The molecule has 26 heavy (non-hydrogen) atoms. The monoisotopic (exact) mass is 377 g/mol. The highest BCUT2D eigenvalue weighted by molar-refractivity contribution is 7.89. The van der Waals surface area contributed by atoms with Gasteiger partial charge in [-0.3, -0.25) is 0 Å². The van der Waals surface area contributed by atoms with E-state index in [9.17, 15) is 8.42 Å². The molecule has 1 heterocycles. The van der Waals surface area contributed by atoms with Crippen molar-refractivity contribution >= 4 is 10.0 Å². The van der Waals surface area contributed by atoms with Gasteiger partial charge in [-0.1, -0.05) is 19.9 Å². The van der Waals surface area contributed by atoms with Crippen LogP contribution in [0.2, 0.25) is 0 Å². The van der Waals surface area contributed by atoms with Crippen LogP contribution in [-0.4, -0.2) is 28.7 Å². The Hall–Kier alpha value is -2.25. The van der Waals surface area contributed by atoms with Crippen LogP contribution in [0.4, 0.5) is 0 Å². The molecule has 1 N–H and O–H groups in total. The van der Waals surface area contributed by atoms with E-state index in [2.05, 4.69) is 4.72 Å². The summed E-state index contributed by atoms with van der Waals surface area (Å²) in [6.45, 7) is 5.18. The van der Waals surface area contributed by atoms with Crippen molar-refractivity contribution in [1.82, 2.24) is 4.72 Å². The van der Waals surface area contributed by atoms with E-state index in [-0.39, 0.29) is 17.4 Å². The first-order valence-electron chi connectivity index (χ1n) is 8.47. The highest BCUT2D eigenvalue weighted by Gasteiger charge is 2.18. The molecule has 0 aromatic heterocycles. The Kier molecular flexibility index (Phi) is 5.38. The fourth-order valence-electron chi connectivity index (χ4n) is 2.79. The number of nitrogens with one attached hydrogen (secondary N) is 1. The molecule has 140 valence electrons. The standard InChI is InChI=1S/C19H23NO5S/c1-13(2)16-11-15(5-7-17(16)23-3)26(21,22)20-12-14-4-6-18-19(10-14)25-9-8-24-18/h4-7,10-11,13,20H,8-9,12H2,1-3H3. The number of fused-ring (bicyclic) bond motifs is 1. The molecule has 0 bridgehead atoms. The van der Waals surface area contributed by atoms with Crippen LogP contribution in [0.1, 0.15) is 30.9 Å². The average molecular weight is 377 g/mol. The Labute approximate surface area is 154 Å². The summed E-state index contributed by atoms with van der Waals surface area (Å²) in [6, 6.07) is 10.3. The summed E-state index contributed by atoms with van der Waals surface area (Å²) >= 11 is 0. The average Bonchev–Trinajstić information content (AvgIpc) is 2.65. The van der Waals surface area contributed by atoms with Gasteiger partial charge in [-0.2, -0.15) is 0 Å². The minimum atomic E-state index is -3.64. The maximum atomic E-state index is 12.7. The summed E-state index contributed by atoms with van der Waals surface area (Å²) in [5.41, 5.74) is 1.66. The molecule has 0 aliphatic carbocycles. The lowest BCUT2D eigenvalue weighted by molar-refractivity contribution is 0.171. The lowest BCUT2D eigenvalue weighted by atomic mass is 10.0. The molecule has 0 spiro atoms. The number of methoxy groups -OCH3 is 1. The normalized spacial score (nSPS) is 13.7. The van der Waals surface area contributed by atoms with Crippen LogP contribution < -0.4 is 18.9 Å². The first-order chi connectivity index (χ1) is 12.4. The van der Waals surface area contributed by atoms with E-state index in [1.165, 1.54) is 0 Å². The molecule has 3 rings (SSSR count). The van der Waals surface area contributed by atoms with Gasteiger partial charge in [0.05, 0.1) is 12.0 Å². The minimum absolute atomic E-state index is 0.151. The molecule has 0 saturated heterocycles. The molecule has 2 aromatic carbocycles. The van der Waals surface area contributed by atoms with Crippen LogP contribution in [0.25, 0.3) is 0 Å².